The van der Waals surface area contributed by atoms with E-state index in [0.29, 0.717) is 23.8 Å². The Hall–Kier alpha value is -2.84. The van der Waals surface area contributed by atoms with Gasteiger partial charge in [-0.2, -0.15) is 13.2 Å². The highest BCUT2D eigenvalue weighted by Gasteiger charge is 2.39. The lowest BCUT2D eigenvalue weighted by Crippen LogP contribution is -2.37. The fourth-order valence-electron chi connectivity index (χ4n) is 3.17. The lowest BCUT2D eigenvalue weighted by Gasteiger charge is -2.23. The van der Waals surface area contributed by atoms with Gasteiger partial charge in [-0.1, -0.05) is 12.1 Å². The Labute approximate surface area is 138 Å². The van der Waals surface area contributed by atoms with Gasteiger partial charge in [-0.05, 0) is 25.0 Å². The number of furan rings is 1. The molecule has 1 fully saturated rings. The molecule has 2 aromatic heterocycles. The summed E-state index contributed by atoms with van der Waals surface area (Å²) >= 11 is 0. The first-order valence-corrected chi connectivity index (χ1v) is 7.62. The average Bonchev–Trinajstić information content (AvgIpc) is 3.17. The summed E-state index contributed by atoms with van der Waals surface area (Å²) < 4.78 is 45.4. The second-order valence-electron chi connectivity index (χ2n) is 5.83. The highest BCUT2D eigenvalue weighted by atomic mass is 19.4. The first kappa shape index (κ1) is 15.7. The van der Waals surface area contributed by atoms with Crippen LogP contribution in [0.2, 0.25) is 0 Å². The monoisotopic (exact) mass is 351 g/mol. The number of aromatic nitrogens is 2. The maximum absolute atomic E-state index is 13.3. The average molecular weight is 351 g/mol. The molecule has 0 amide bonds. The van der Waals surface area contributed by atoms with E-state index in [9.17, 15) is 23.1 Å². The van der Waals surface area contributed by atoms with E-state index in [1.54, 1.807) is 24.3 Å². The van der Waals surface area contributed by atoms with Crippen LogP contribution in [0.3, 0.4) is 0 Å². The summed E-state index contributed by atoms with van der Waals surface area (Å²) in [5.41, 5.74) is 0.477. The minimum atomic E-state index is -4.75. The number of nitrogens with zero attached hydrogens (tertiary/aromatic N) is 3. The minimum absolute atomic E-state index is 0.0314. The Balaban J connectivity index is 2.03. The molecule has 1 aliphatic rings. The van der Waals surface area contributed by atoms with Crippen LogP contribution in [0.25, 0.3) is 22.1 Å². The van der Waals surface area contributed by atoms with Crippen molar-refractivity contribution in [2.45, 2.75) is 25.1 Å². The van der Waals surface area contributed by atoms with Gasteiger partial charge in [0.15, 0.2) is 11.4 Å². The van der Waals surface area contributed by atoms with E-state index in [0.717, 1.165) is 0 Å². The molecule has 1 atom stereocenters. The number of fused-ring (bicyclic) bond motifs is 3. The lowest BCUT2D eigenvalue weighted by atomic mass is 10.2. The molecule has 130 valence electrons. The number of hydrogen-bond donors (Lipinski definition) is 1. The predicted octanol–water partition coefficient (Wildman–Crippen LogP) is 3.45. The van der Waals surface area contributed by atoms with Crippen molar-refractivity contribution in [3.63, 3.8) is 0 Å². The lowest BCUT2D eigenvalue weighted by molar-refractivity contribution is -0.144. The molecule has 0 radical (unpaired) electrons. The van der Waals surface area contributed by atoms with Crippen molar-refractivity contribution in [1.29, 1.82) is 0 Å². The standard InChI is InChI=1S/C16H12F3N3O3/c17-16(18,19)15-20-11-8-4-1-2-6-10(8)25-12(11)13(21-15)22-7-3-5-9(22)14(23)24/h1-2,4,6,9H,3,5,7H2,(H,23,24). The van der Waals surface area contributed by atoms with Gasteiger partial charge in [0.05, 0.1) is 0 Å². The number of para-hydroxylation sites is 1. The Kier molecular flexibility index (Phi) is 3.34. The molecule has 1 N–H and O–H groups in total. The first-order chi connectivity index (χ1) is 11.9. The molecule has 0 spiro atoms. The van der Waals surface area contributed by atoms with Gasteiger partial charge in [-0.25, -0.2) is 14.8 Å². The number of rotatable bonds is 2. The predicted molar refractivity (Wildman–Crippen MR) is 82.3 cm³/mol. The van der Waals surface area contributed by atoms with Crippen LogP contribution in [0.15, 0.2) is 28.7 Å². The van der Waals surface area contributed by atoms with Crippen LogP contribution in [0, 0.1) is 0 Å². The molecule has 6 nitrogen and oxygen atoms in total. The summed E-state index contributed by atoms with van der Waals surface area (Å²) in [5, 5.41) is 9.78. The van der Waals surface area contributed by atoms with Crippen LogP contribution in [-0.2, 0) is 11.0 Å². The van der Waals surface area contributed by atoms with Gasteiger partial charge in [0.1, 0.15) is 17.1 Å². The van der Waals surface area contributed by atoms with Crippen molar-refractivity contribution in [3.8, 4) is 0 Å². The quantitative estimate of drug-likeness (QED) is 0.762. The number of anilines is 1. The van der Waals surface area contributed by atoms with Crippen molar-refractivity contribution in [2.75, 3.05) is 11.4 Å². The van der Waals surface area contributed by atoms with Crippen LogP contribution in [0.5, 0.6) is 0 Å². The third-order valence-corrected chi connectivity index (χ3v) is 4.27. The molecule has 1 unspecified atom stereocenters. The molecule has 1 aromatic carbocycles. The van der Waals surface area contributed by atoms with Crippen LogP contribution < -0.4 is 4.90 Å². The Morgan fingerprint density at radius 1 is 1.28 bits per heavy atom. The fraction of sp³-hybridized carbons (Fsp3) is 0.312. The third kappa shape index (κ3) is 2.46. The molecule has 4 rings (SSSR count). The van der Waals surface area contributed by atoms with E-state index in [1.807, 2.05) is 0 Å². The van der Waals surface area contributed by atoms with Crippen LogP contribution in [0.4, 0.5) is 19.0 Å². The van der Waals surface area contributed by atoms with E-state index in [2.05, 4.69) is 9.97 Å². The molecule has 3 aromatic rings. The molecule has 25 heavy (non-hydrogen) atoms. The van der Waals surface area contributed by atoms with E-state index < -0.39 is 24.0 Å². The van der Waals surface area contributed by atoms with Gasteiger partial charge in [-0.15, -0.1) is 0 Å². The summed E-state index contributed by atoms with van der Waals surface area (Å²) in [6.07, 6.45) is -3.87. The zero-order valence-corrected chi connectivity index (χ0v) is 12.7. The molecule has 0 saturated carbocycles. The number of halogens is 3. The normalized spacial score (nSPS) is 18.4. The van der Waals surface area contributed by atoms with E-state index in [-0.39, 0.29) is 23.5 Å². The smallest absolute Gasteiger partial charge is 0.451 e. The van der Waals surface area contributed by atoms with Gasteiger partial charge in [-0.3, -0.25) is 0 Å². The van der Waals surface area contributed by atoms with Crippen LogP contribution in [0.1, 0.15) is 18.7 Å². The summed E-state index contributed by atoms with van der Waals surface area (Å²) in [5.74, 6) is -2.54. The SMILES string of the molecule is O=C(O)C1CCCN1c1nc(C(F)(F)F)nc2c1oc1ccccc12. The summed E-state index contributed by atoms with van der Waals surface area (Å²) in [7, 11) is 0. The van der Waals surface area contributed by atoms with Crippen molar-refractivity contribution in [2.24, 2.45) is 0 Å². The largest absolute Gasteiger partial charge is 0.480 e. The highest BCUT2D eigenvalue weighted by molar-refractivity contribution is 6.06. The molecule has 9 heteroatoms. The van der Waals surface area contributed by atoms with Crippen LogP contribution >= 0.6 is 0 Å². The molecule has 0 aliphatic carbocycles. The number of carbonyl (C=O) groups is 1. The van der Waals surface area contributed by atoms with Gasteiger partial charge in [0.25, 0.3) is 0 Å². The minimum Gasteiger partial charge on any atom is -0.480 e. The van der Waals surface area contributed by atoms with Gasteiger partial charge < -0.3 is 14.4 Å². The maximum Gasteiger partial charge on any atom is 0.451 e. The van der Waals surface area contributed by atoms with Crippen molar-refractivity contribution in [3.05, 3.63) is 30.1 Å². The number of carboxylic acid groups (broad SMARTS) is 1. The molecule has 0 bridgehead atoms. The van der Waals surface area contributed by atoms with E-state index in [4.69, 9.17) is 4.42 Å². The third-order valence-electron chi connectivity index (χ3n) is 4.27. The zero-order valence-electron chi connectivity index (χ0n) is 12.7. The molecule has 1 saturated heterocycles. The molecule has 1 aliphatic heterocycles. The second-order valence-corrected chi connectivity index (χ2v) is 5.83. The Bertz CT molecular complexity index is 983. The summed E-state index contributed by atoms with van der Waals surface area (Å²) in [6, 6.07) is 5.65. The van der Waals surface area contributed by atoms with Crippen molar-refractivity contribution in [1.82, 2.24) is 9.97 Å². The van der Waals surface area contributed by atoms with Gasteiger partial charge >= 0.3 is 12.1 Å². The molecule has 3 heterocycles. The Morgan fingerprint density at radius 3 is 2.76 bits per heavy atom. The fourth-order valence-corrected chi connectivity index (χ4v) is 3.17. The van der Waals surface area contributed by atoms with Crippen molar-refractivity contribution < 1.29 is 27.5 Å². The molecular formula is C16H12F3N3O3. The maximum atomic E-state index is 13.3. The number of carboxylic acids is 1. The molecular weight excluding hydrogens is 339 g/mol. The van der Waals surface area contributed by atoms with Crippen molar-refractivity contribution >= 4 is 33.9 Å². The second kappa shape index (κ2) is 5.33. The highest BCUT2D eigenvalue weighted by Crippen LogP contribution is 2.38. The number of hydrogen-bond acceptors (Lipinski definition) is 5. The first-order valence-electron chi connectivity index (χ1n) is 7.62. The number of benzene rings is 1. The van der Waals surface area contributed by atoms with E-state index >= 15 is 0 Å². The summed E-state index contributed by atoms with van der Waals surface area (Å²) in [6.45, 7) is 0.289. The topological polar surface area (TPSA) is 79.5 Å². The Morgan fingerprint density at radius 2 is 2.04 bits per heavy atom. The van der Waals surface area contributed by atoms with Crippen LogP contribution in [-0.4, -0.2) is 33.6 Å². The van der Waals surface area contributed by atoms with Gasteiger partial charge in [0, 0.05) is 11.9 Å². The number of alkyl halides is 3. The zero-order chi connectivity index (χ0) is 17.8. The van der Waals surface area contributed by atoms with E-state index in [1.165, 1.54) is 4.90 Å². The summed E-state index contributed by atoms with van der Waals surface area (Å²) in [4.78, 5) is 20.0. The van der Waals surface area contributed by atoms with Gasteiger partial charge in [0.2, 0.25) is 5.82 Å². The number of aliphatic carboxylic acids is 1.